The van der Waals surface area contributed by atoms with Crippen LogP contribution in [0.2, 0.25) is 0 Å². The molecule has 3 heterocycles. The van der Waals surface area contributed by atoms with Crippen LogP contribution in [0.5, 0.6) is 11.5 Å². The molecule has 282 valence electrons. The van der Waals surface area contributed by atoms with Gasteiger partial charge in [0.15, 0.2) is 11.5 Å². The lowest BCUT2D eigenvalue weighted by atomic mass is 10.0. The maximum atomic E-state index is 13.8. The highest BCUT2D eigenvalue weighted by Crippen LogP contribution is 2.32. The third kappa shape index (κ3) is 10.1. The van der Waals surface area contributed by atoms with Crippen molar-refractivity contribution in [3.05, 3.63) is 75.7 Å². The minimum atomic E-state index is -1.03. The molecule has 0 saturated carbocycles. The number of rotatable bonds is 5. The van der Waals surface area contributed by atoms with Crippen LogP contribution in [0.1, 0.15) is 60.4 Å². The predicted molar refractivity (Wildman–Crippen MR) is 195 cm³/mol. The maximum absolute atomic E-state index is 13.8. The van der Waals surface area contributed by atoms with Gasteiger partial charge in [-0.1, -0.05) is 50.2 Å². The molecule has 4 N–H and O–H groups in total. The van der Waals surface area contributed by atoms with E-state index in [4.69, 9.17) is 9.47 Å². The van der Waals surface area contributed by atoms with Crippen molar-refractivity contribution in [1.29, 1.82) is 0 Å². The number of carbonyl (C=O) groups is 6. The van der Waals surface area contributed by atoms with Gasteiger partial charge in [-0.15, -0.1) is 11.3 Å². The molecule has 15 nitrogen and oxygen atoms in total. The number of amides is 6. The molecular weight excluding hydrogens is 703 g/mol. The second-order valence-corrected chi connectivity index (χ2v) is 14.4. The quantitative estimate of drug-likeness (QED) is 0.301. The number of benzene rings is 2. The van der Waals surface area contributed by atoms with Gasteiger partial charge in [0.2, 0.25) is 36.3 Å². The smallest absolute Gasteiger partial charge is 0.271 e. The molecule has 0 aliphatic carbocycles. The molecule has 5 rings (SSSR count). The molecule has 2 bridgehead atoms. The highest BCUT2D eigenvalue weighted by atomic mass is 32.1. The third-order valence-electron chi connectivity index (χ3n) is 8.95. The maximum Gasteiger partial charge on any atom is 0.271 e. The summed E-state index contributed by atoms with van der Waals surface area (Å²) in [5.41, 5.74) is 1.61. The molecule has 16 heteroatoms. The Kier molecular flexibility index (Phi) is 12.7. The first kappa shape index (κ1) is 38.7. The zero-order chi connectivity index (χ0) is 38.2. The second kappa shape index (κ2) is 17.3. The van der Waals surface area contributed by atoms with Gasteiger partial charge >= 0.3 is 0 Å². The Labute approximate surface area is 311 Å². The number of fused-ring (bicyclic) bond motifs is 3. The van der Waals surface area contributed by atoms with Gasteiger partial charge < -0.3 is 40.5 Å². The van der Waals surface area contributed by atoms with Crippen LogP contribution < -0.4 is 30.7 Å². The number of nitrogens with one attached hydrogen (secondary N) is 4. The number of hydrogen-bond acceptors (Lipinski definition) is 10. The average Bonchev–Trinajstić information content (AvgIpc) is 3.81. The standard InChI is InChI=1S/C37H45N7O8S/c1-21(2)32-35(49)39-23(4)37(50)43(5)13-14-44(31(46)17-25-11-12-28-29(16-25)52-20-51-28)18-30(45)40-26(15-24-9-7-6-8-10-24)36-41-27(19-53-36)34(48)38-22(3)33(47)42-32/h6-12,16,19,21-23,26,32H,13-15,17-18,20H2,1-5H3,(H,38,48)(H,39,49)(H,40,45)(H,42,47)/t22-,23+,26-,32-/m0/s1. The van der Waals surface area contributed by atoms with Gasteiger partial charge in [-0.25, -0.2) is 4.98 Å². The summed E-state index contributed by atoms with van der Waals surface area (Å²) in [6.45, 7) is 6.33. The van der Waals surface area contributed by atoms with E-state index in [0.29, 0.717) is 28.5 Å². The van der Waals surface area contributed by atoms with Crippen molar-refractivity contribution in [2.75, 3.05) is 33.5 Å². The van der Waals surface area contributed by atoms with E-state index in [1.165, 1.54) is 35.0 Å². The molecule has 53 heavy (non-hydrogen) atoms. The molecule has 4 atom stereocenters. The van der Waals surface area contributed by atoms with Crippen molar-refractivity contribution in [2.24, 2.45) is 5.92 Å². The molecule has 1 aromatic heterocycles. The zero-order valence-electron chi connectivity index (χ0n) is 30.3. The Balaban J connectivity index is 1.44. The van der Waals surface area contributed by atoms with E-state index < -0.39 is 53.7 Å². The van der Waals surface area contributed by atoms with Gasteiger partial charge in [-0.05, 0) is 49.4 Å². The van der Waals surface area contributed by atoms with E-state index in [1.54, 1.807) is 44.5 Å². The Morgan fingerprint density at radius 3 is 2.36 bits per heavy atom. The number of thiazole rings is 1. The van der Waals surface area contributed by atoms with Crippen LogP contribution in [0.3, 0.4) is 0 Å². The fourth-order valence-corrected chi connectivity index (χ4v) is 6.72. The molecule has 6 amide bonds. The topological polar surface area (TPSA) is 188 Å². The molecule has 2 aromatic carbocycles. The minimum absolute atomic E-state index is 0.00714. The van der Waals surface area contributed by atoms with Crippen molar-refractivity contribution >= 4 is 46.8 Å². The van der Waals surface area contributed by atoms with E-state index >= 15 is 0 Å². The van der Waals surface area contributed by atoms with Crippen LogP contribution in [0.25, 0.3) is 0 Å². The Morgan fingerprint density at radius 2 is 1.62 bits per heavy atom. The summed E-state index contributed by atoms with van der Waals surface area (Å²) in [5, 5.41) is 13.0. The summed E-state index contributed by atoms with van der Waals surface area (Å²) in [5.74, 6) is -2.31. The lowest BCUT2D eigenvalue weighted by molar-refractivity contribution is -0.138. The molecule has 3 aromatic rings. The fraction of sp³-hybridized carbons (Fsp3) is 0.432. The highest BCUT2D eigenvalue weighted by molar-refractivity contribution is 7.09. The lowest BCUT2D eigenvalue weighted by Gasteiger charge is -2.29. The minimum Gasteiger partial charge on any atom is -0.454 e. The number of hydrogen-bond donors (Lipinski definition) is 4. The van der Waals surface area contributed by atoms with Crippen molar-refractivity contribution in [2.45, 2.75) is 64.7 Å². The highest BCUT2D eigenvalue weighted by Gasteiger charge is 2.31. The molecule has 0 unspecified atom stereocenters. The summed E-state index contributed by atoms with van der Waals surface area (Å²) in [6, 6.07) is 11.0. The number of aromatic nitrogens is 1. The van der Waals surface area contributed by atoms with Crippen LogP contribution in [-0.2, 0) is 36.8 Å². The van der Waals surface area contributed by atoms with E-state index in [2.05, 4.69) is 26.3 Å². The van der Waals surface area contributed by atoms with Crippen molar-refractivity contribution < 1.29 is 38.2 Å². The van der Waals surface area contributed by atoms with Gasteiger partial charge in [0, 0.05) is 25.5 Å². The second-order valence-electron chi connectivity index (χ2n) is 13.5. The van der Waals surface area contributed by atoms with Crippen LogP contribution in [0, 0.1) is 5.92 Å². The van der Waals surface area contributed by atoms with Gasteiger partial charge in [0.25, 0.3) is 5.91 Å². The summed E-state index contributed by atoms with van der Waals surface area (Å²) in [7, 11) is 1.54. The molecule has 2 aliphatic rings. The molecule has 0 saturated heterocycles. The Hall–Kier alpha value is -5.51. The molecular formula is C37H45N7O8S. The van der Waals surface area contributed by atoms with Gasteiger partial charge in [0.1, 0.15) is 28.8 Å². The molecule has 2 aliphatic heterocycles. The predicted octanol–water partition coefficient (Wildman–Crippen LogP) is 1.58. The van der Waals surface area contributed by atoms with Gasteiger partial charge in [-0.3, -0.25) is 28.8 Å². The first-order valence-electron chi connectivity index (χ1n) is 17.4. The molecule has 0 radical (unpaired) electrons. The van der Waals surface area contributed by atoms with Crippen LogP contribution in [0.15, 0.2) is 53.9 Å². The number of ether oxygens (including phenoxy) is 2. The Bertz CT molecular complexity index is 1830. The third-order valence-corrected chi connectivity index (χ3v) is 9.91. The number of likely N-dealkylation sites (N-methyl/N-ethyl adjacent to an activating group) is 1. The summed E-state index contributed by atoms with van der Waals surface area (Å²) in [6.07, 6.45) is 0.297. The summed E-state index contributed by atoms with van der Waals surface area (Å²) < 4.78 is 10.9. The van der Waals surface area contributed by atoms with Gasteiger partial charge in [-0.2, -0.15) is 0 Å². The SMILES string of the molecule is CC(C)[C@@H]1NC(=O)[C@H](C)NC(=O)c2csc(n2)[C@H](Cc2ccccc2)NC(=O)CN(C(=O)Cc2ccc3c(c2)OCO3)CCN(C)C(=O)[C@@H](C)NC1=O. The van der Waals surface area contributed by atoms with E-state index in [9.17, 15) is 28.8 Å². The molecule has 0 fully saturated rings. The fourth-order valence-electron chi connectivity index (χ4n) is 5.87. The number of carbonyl (C=O) groups excluding carboxylic acids is 6. The van der Waals surface area contributed by atoms with Crippen molar-refractivity contribution in [1.82, 2.24) is 36.1 Å². The summed E-state index contributed by atoms with van der Waals surface area (Å²) in [4.78, 5) is 88.0. The monoisotopic (exact) mass is 747 g/mol. The van der Waals surface area contributed by atoms with E-state index in [0.717, 1.165) is 5.56 Å². The first-order chi connectivity index (χ1) is 25.3. The lowest BCUT2D eigenvalue weighted by Crippen LogP contribution is -2.57. The summed E-state index contributed by atoms with van der Waals surface area (Å²) >= 11 is 1.18. The van der Waals surface area contributed by atoms with Crippen molar-refractivity contribution in [3.63, 3.8) is 0 Å². The Morgan fingerprint density at radius 1 is 0.887 bits per heavy atom. The van der Waals surface area contributed by atoms with Crippen molar-refractivity contribution in [3.8, 4) is 11.5 Å². The average molecular weight is 748 g/mol. The largest absolute Gasteiger partial charge is 0.454 e. The van der Waals surface area contributed by atoms with E-state index in [1.807, 2.05) is 30.3 Å². The first-order valence-corrected chi connectivity index (χ1v) is 18.3. The molecule has 0 spiro atoms. The van der Waals surface area contributed by atoms with Gasteiger partial charge in [0.05, 0.1) is 19.0 Å². The normalized spacial score (nSPS) is 22.0. The zero-order valence-corrected chi connectivity index (χ0v) is 31.2. The van der Waals surface area contributed by atoms with Crippen LogP contribution in [-0.4, -0.2) is 102 Å². The van der Waals surface area contributed by atoms with E-state index in [-0.39, 0.29) is 50.4 Å². The van der Waals surface area contributed by atoms with Crippen LogP contribution >= 0.6 is 11.3 Å². The number of nitrogens with zero attached hydrogens (tertiary/aromatic N) is 3. The van der Waals surface area contributed by atoms with Crippen LogP contribution in [0.4, 0.5) is 0 Å².